The summed E-state index contributed by atoms with van der Waals surface area (Å²) in [6.45, 7) is 1.23. The summed E-state index contributed by atoms with van der Waals surface area (Å²) >= 11 is 6.02. The van der Waals surface area contributed by atoms with Crippen molar-refractivity contribution in [1.82, 2.24) is 20.0 Å². The maximum atomic E-state index is 12.6. The van der Waals surface area contributed by atoms with Crippen molar-refractivity contribution in [3.05, 3.63) is 41.3 Å². The maximum Gasteiger partial charge on any atom is 0.256 e. The molecule has 1 unspecified atom stereocenters. The zero-order valence-corrected chi connectivity index (χ0v) is 11.2. The number of nitrogens with zero attached hydrogens (tertiary/aromatic N) is 4. The molecule has 0 saturated carbocycles. The Morgan fingerprint density at radius 1 is 1.50 bits per heavy atom. The van der Waals surface area contributed by atoms with Gasteiger partial charge in [-0.1, -0.05) is 16.8 Å². The van der Waals surface area contributed by atoms with E-state index < -0.39 is 0 Å². The lowest BCUT2D eigenvalue weighted by atomic mass is 10.1. The fourth-order valence-electron chi connectivity index (χ4n) is 2.09. The third-order valence-electron chi connectivity index (χ3n) is 3.07. The van der Waals surface area contributed by atoms with E-state index in [1.165, 1.54) is 18.8 Å². The molecule has 0 aromatic carbocycles. The number of rotatable bonds is 2. The summed E-state index contributed by atoms with van der Waals surface area (Å²) < 4.78 is 10.1. The van der Waals surface area contributed by atoms with Crippen molar-refractivity contribution < 1.29 is 14.1 Å². The van der Waals surface area contributed by atoms with Crippen LogP contribution in [0.25, 0.3) is 0 Å². The summed E-state index contributed by atoms with van der Waals surface area (Å²) in [6, 6.07) is 1.21. The lowest BCUT2D eigenvalue weighted by molar-refractivity contribution is -0.00576. The molecule has 0 radical (unpaired) electrons. The molecule has 2 aromatic heterocycles. The van der Waals surface area contributed by atoms with Gasteiger partial charge in [0.1, 0.15) is 6.04 Å². The summed E-state index contributed by atoms with van der Waals surface area (Å²) in [6.07, 6.45) is 4.20. The third kappa shape index (κ3) is 2.37. The van der Waals surface area contributed by atoms with Crippen LogP contribution in [-0.2, 0) is 4.74 Å². The molecule has 1 aliphatic heterocycles. The smallest absolute Gasteiger partial charge is 0.256 e. The fraction of sp³-hybridized carbons (Fsp3) is 0.333. The highest BCUT2D eigenvalue weighted by atomic mass is 35.5. The number of amides is 1. The van der Waals surface area contributed by atoms with E-state index in [4.69, 9.17) is 20.9 Å². The standard InChI is InChI=1S/C12H11ClN4O3/c13-9-5-14-2-1-8(9)12(18)17-3-4-19-6-10(17)11-15-7-20-16-11/h1-2,5,7,10H,3-4,6H2. The second kappa shape index (κ2) is 5.56. The van der Waals surface area contributed by atoms with E-state index in [2.05, 4.69) is 15.1 Å². The number of pyridine rings is 1. The molecule has 20 heavy (non-hydrogen) atoms. The van der Waals surface area contributed by atoms with Crippen LogP contribution in [0.2, 0.25) is 5.02 Å². The minimum atomic E-state index is -0.376. The summed E-state index contributed by atoms with van der Waals surface area (Å²) in [5.41, 5.74) is 0.400. The second-order valence-corrected chi connectivity index (χ2v) is 4.64. The molecular formula is C12H11ClN4O3. The Morgan fingerprint density at radius 3 is 3.15 bits per heavy atom. The number of hydrogen-bond donors (Lipinski definition) is 0. The molecule has 1 amide bonds. The van der Waals surface area contributed by atoms with Gasteiger partial charge >= 0.3 is 0 Å². The first-order valence-corrected chi connectivity index (χ1v) is 6.39. The van der Waals surface area contributed by atoms with Gasteiger partial charge in [0.2, 0.25) is 6.39 Å². The molecule has 0 aliphatic carbocycles. The van der Waals surface area contributed by atoms with Crippen LogP contribution in [0.1, 0.15) is 22.2 Å². The largest absolute Gasteiger partial charge is 0.377 e. The summed E-state index contributed by atoms with van der Waals surface area (Å²) in [5, 5.41) is 4.10. The predicted octanol–water partition coefficient (Wildman–Crippen LogP) is 1.33. The Labute approximate surface area is 119 Å². The van der Waals surface area contributed by atoms with Gasteiger partial charge in [-0.05, 0) is 6.07 Å². The van der Waals surface area contributed by atoms with Crippen molar-refractivity contribution in [3.63, 3.8) is 0 Å². The van der Waals surface area contributed by atoms with E-state index >= 15 is 0 Å². The van der Waals surface area contributed by atoms with Crippen molar-refractivity contribution in [2.45, 2.75) is 6.04 Å². The van der Waals surface area contributed by atoms with Crippen LogP contribution in [0.15, 0.2) is 29.4 Å². The van der Waals surface area contributed by atoms with E-state index in [0.29, 0.717) is 36.2 Å². The molecule has 0 N–H and O–H groups in total. The number of carbonyl (C=O) groups is 1. The normalized spacial score (nSPS) is 19.1. The zero-order valence-electron chi connectivity index (χ0n) is 10.4. The molecule has 104 valence electrons. The molecule has 3 rings (SSSR count). The Hall–Kier alpha value is -1.99. The van der Waals surface area contributed by atoms with Gasteiger partial charge in [0.05, 0.1) is 23.8 Å². The molecule has 7 nitrogen and oxygen atoms in total. The van der Waals surface area contributed by atoms with Crippen molar-refractivity contribution in [3.8, 4) is 0 Å². The summed E-state index contributed by atoms with van der Waals surface area (Å²) in [7, 11) is 0. The second-order valence-electron chi connectivity index (χ2n) is 4.23. The minimum absolute atomic E-state index is 0.199. The molecule has 1 saturated heterocycles. The number of carbonyl (C=O) groups excluding carboxylic acids is 1. The van der Waals surface area contributed by atoms with E-state index in [1.54, 1.807) is 11.0 Å². The van der Waals surface area contributed by atoms with Crippen LogP contribution in [0.3, 0.4) is 0 Å². The van der Waals surface area contributed by atoms with Crippen LogP contribution >= 0.6 is 11.6 Å². The number of halogens is 1. The lowest BCUT2D eigenvalue weighted by Crippen LogP contribution is -2.44. The molecule has 3 heterocycles. The Morgan fingerprint density at radius 2 is 2.40 bits per heavy atom. The quantitative estimate of drug-likeness (QED) is 0.831. The molecule has 1 atom stereocenters. The monoisotopic (exact) mass is 294 g/mol. The molecule has 0 spiro atoms. The van der Waals surface area contributed by atoms with E-state index in [-0.39, 0.29) is 11.9 Å². The number of ether oxygens (including phenoxy) is 1. The molecule has 2 aromatic rings. The fourth-order valence-corrected chi connectivity index (χ4v) is 2.29. The molecule has 8 heteroatoms. The molecular weight excluding hydrogens is 284 g/mol. The molecule has 1 fully saturated rings. The highest BCUT2D eigenvalue weighted by Gasteiger charge is 2.32. The molecule has 0 bridgehead atoms. The Bertz CT molecular complexity index is 605. The van der Waals surface area contributed by atoms with Gasteiger partial charge in [-0.25, -0.2) is 0 Å². The Kier molecular flexibility index (Phi) is 3.62. The van der Waals surface area contributed by atoms with Crippen molar-refractivity contribution in [1.29, 1.82) is 0 Å². The lowest BCUT2D eigenvalue weighted by Gasteiger charge is -2.33. The number of aromatic nitrogens is 3. The van der Waals surface area contributed by atoms with Crippen LogP contribution in [0.5, 0.6) is 0 Å². The van der Waals surface area contributed by atoms with Gasteiger partial charge in [0.15, 0.2) is 5.82 Å². The summed E-state index contributed by atoms with van der Waals surface area (Å²) in [5.74, 6) is 0.221. The van der Waals surface area contributed by atoms with Crippen molar-refractivity contribution in [2.75, 3.05) is 19.8 Å². The van der Waals surface area contributed by atoms with Gasteiger partial charge in [-0.15, -0.1) is 0 Å². The first kappa shape index (κ1) is 13.0. The number of morpholine rings is 1. The first-order valence-electron chi connectivity index (χ1n) is 6.02. The molecule has 1 aliphatic rings. The van der Waals surface area contributed by atoms with Gasteiger partial charge in [-0.3, -0.25) is 9.78 Å². The van der Waals surface area contributed by atoms with Crippen LogP contribution < -0.4 is 0 Å². The first-order chi connectivity index (χ1) is 9.77. The van der Waals surface area contributed by atoms with E-state index in [1.807, 2.05) is 0 Å². The highest BCUT2D eigenvalue weighted by molar-refractivity contribution is 6.33. The van der Waals surface area contributed by atoms with E-state index in [0.717, 1.165) is 0 Å². The topological polar surface area (TPSA) is 81.4 Å². The number of hydrogen-bond acceptors (Lipinski definition) is 6. The SMILES string of the molecule is O=C(c1ccncc1Cl)N1CCOCC1c1ncon1. The van der Waals surface area contributed by atoms with Gasteiger partial charge < -0.3 is 14.2 Å². The average Bonchev–Trinajstić information content (AvgIpc) is 3.01. The van der Waals surface area contributed by atoms with Crippen LogP contribution in [0.4, 0.5) is 0 Å². The van der Waals surface area contributed by atoms with Crippen molar-refractivity contribution in [2.24, 2.45) is 0 Å². The van der Waals surface area contributed by atoms with Crippen molar-refractivity contribution >= 4 is 17.5 Å². The van der Waals surface area contributed by atoms with Gasteiger partial charge in [-0.2, -0.15) is 4.98 Å². The summed E-state index contributed by atoms with van der Waals surface area (Å²) in [4.78, 5) is 22.1. The predicted molar refractivity (Wildman–Crippen MR) is 68.1 cm³/mol. The van der Waals surface area contributed by atoms with Crippen LogP contribution in [-0.4, -0.2) is 45.7 Å². The minimum Gasteiger partial charge on any atom is -0.377 e. The average molecular weight is 295 g/mol. The highest BCUT2D eigenvalue weighted by Crippen LogP contribution is 2.25. The van der Waals surface area contributed by atoms with Gasteiger partial charge in [0.25, 0.3) is 5.91 Å². The van der Waals surface area contributed by atoms with Crippen LogP contribution in [0, 0.1) is 0 Å². The Balaban J connectivity index is 1.90. The van der Waals surface area contributed by atoms with E-state index in [9.17, 15) is 4.79 Å². The zero-order chi connectivity index (χ0) is 13.9. The van der Waals surface area contributed by atoms with Gasteiger partial charge in [0, 0.05) is 18.9 Å². The maximum absolute atomic E-state index is 12.6. The third-order valence-corrected chi connectivity index (χ3v) is 3.37.